The Bertz CT molecular complexity index is 451. The van der Waals surface area contributed by atoms with Crippen molar-refractivity contribution in [1.82, 2.24) is 9.88 Å². The normalized spacial score (nSPS) is 14.5. The molecule has 0 aliphatic rings. The van der Waals surface area contributed by atoms with E-state index in [2.05, 4.69) is 44.5 Å². The fourth-order valence-electron chi connectivity index (χ4n) is 3.26. The Morgan fingerprint density at radius 3 is 2.27 bits per heavy atom. The minimum Gasteiger partial charge on any atom is -0.369 e. The molecular weight excluding hydrogens is 274 g/mol. The number of aromatic nitrogens is 1. The Morgan fingerprint density at radius 2 is 1.86 bits per heavy atom. The van der Waals surface area contributed by atoms with Crippen LogP contribution in [0.1, 0.15) is 59.6 Å². The third kappa shape index (κ3) is 4.29. The van der Waals surface area contributed by atoms with E-state index in [1.807, 2.05) is 18.2 Å². The number of carbonyl (C=O) groups excluding carboxylic acids is 1. The van der Waals surface area contributed by atoms with Crippen molar-refractivity contribution < 1.29 is 4.79 Å². The van der Waals surface area contributed by atoms with Crippen molar-refractivity contribution in [2.75, 3.05) is 6.54 Å². The molecule has 4 nitrogen and oxygen atoms in total. The Hall–Kier alpha value is -1.42. The molecule has 0 unspecified atom stereocenters. The number of amides is 1. The maximum Gasteiger partial charge on any atom is 0.229 e. The van der Waals surface area contributed by atoms with Crippen LogP contribution in [0.3, 0.4) is 0 Å². The first-order chi connectivity index (χ1) is 10.3. The van der Waals surface area contributed by atoms with Crippen LogP contribution < -0.4 is 5.73 Å². The van der Waals surface area contributed by atoms with Gasteiger partial charge in [0.15, 0.2) is 0 Å². The predicted octanol–water partition coefficient (Wildman–Crippen LogP) is 3.11. The summed E-state index contributed by atoms with van der Waals surface area (Å²) in [4.78, 5) is 19.2. The summed E-state index contributed by atoms with van der Waals surface area (Å²) >= 11 is 0. The van der Waals surface area contributed by atoms with Crippen LogP contribution in [0.4, 0.5) is 0 Å². The van der Waals surface area contributed by atoms with Gasteiger partial charge in [-0.25, -0.2) is 0 Å². The maximum atomic E-state index is 12.3. The quantitative estimate of drug-likeness (QED) is 0.762. The van der Waals surface area contributed by atoms with Crippen molar-refractivity contribution in [3.8, 4) is 0 Å². The summed E-state index contributed by atoms with van der Waals surface area (Å²) < 4.78 is 0. The summed E-state index contributed by atoms with van der Waals surface area (Å²) in [6.07, 6.45) is 4.10. The Kier molecular flexibility index (Phi) is 7.01. The smallest absolute Gasteiger partial charge is 0.229 e. The number of hydrogen-bond donors (Lipinski definition) is 1. The summed E-state index contributed by atoms with van der Waals surface area (Å²) in [6.45, 7) is 11.7. The molecule has 0 radical (unpaired) electrons. The van der Waals surface area contributed by atoms with Crippen LogP contribution in [0.2, 0.25) is 0 Å². The molecule has 0 aromatic carbocycles. The van der Waals surface area contributed by atoms with E-state index in [0.717, 1.165) is 25.1 Å². The van der Waals surface area contributed by atoms with E-state index in [4.69, 9.17) is 5.73 Å². The molecule has 124 valence electrons. The highest BCUT2D eigenvalue weighted by Crippen LogP contribution is 2.32. The first kappa shape index (κ1) is 18.6. The van der Waals surface area contributed by atoms with Crippen molar-refractivity contribution >= 4 is 5.91 Å². The van der Waals surface area contributed by atoms with Gasteiger partial charge in [-0.15, -0.1) is 0 Å². The van der Waals surface area contributed by atoms with Gasteiger partial charge in [0.1, 0.15) is 0 Å². The highest BCUT2D eigenvalue weighted by Gasteiger charge is 2.39. The van der Waals surface area contributed by atoms with Crippen molar-refractivity contribution in [1.29, 1.82) is 0 Å². The minimum absolute atomic E-state index is 0.263. The third-order valence-electron chi connectivity index (χ3n) is 4.43. The Labute approximate surface area is 135 Å². The molecule has 4 heteroatoms. The summed E-state index contributed by atoms with van der Waals surface area (Å²) in [5.74, 6) is -0.263. The average molecular weight is 305 g/mol. The highest BCUT2D eigenvalue weighted by atomic mass is 16.1. The minimum atomic E-state index is -0.669. The van der Waals surface area contributed by atoms with Crippen molar-refractivity contribution in [3.63, 3.8) is 0 Å². The lowest BCUT2D eigenvalue weighted by molar-refractivity contribution is -0.124. The SMILES string of the molecule is CCC[C@](CCN(C(C)C)C(C)C)(C(N)=O)c1ccccn1. The molecule has 1 aromatic heterocycles. The van der Waals surface area contributed by atoms with E-state index >= 15 is 0 Å². The number of pyridine rings is 1. The molecule has 1 amide bonds. The van der Waals surface area contributed by atoms with Crippen LogP contribution in [0, 0.1) is 0 Å². The molecule has 1 atom stereocenters. The predicted molar refractivity (Wildman–Crippen MR) is 91.6 cm³/mol. The number of rotatable bonds is 9. The molecule has 0 aliphatic carbocycles. The van der Waals surface area contributed by atoms with E-state index < -0.39 is 5.41 Å². The molecule has 0 spiro atoms. The number of carbonyl (C=O) groups is 1. The average Bonchev–Trinajstić information content (AvgIpc) is 2.46. The molecular formula is C18H31N3O. The van der Waals surface area contributed by atoms with Gasteiger partial charge in [-0.2, -0.15) is 0 Å². The second-order valence-electron chi connectivity index (χ2n) is 6.59. The Balaban J connectivity index is 3.08. The fourth-order valence-corrected chi connectivity index (χ4v) is 3.26. The van der Waals surface area contributed by atoms with Gasteiger partial charge >= 0.3 is 0 Å². The van der Waals surface area contributed by atoms with Gasteiger partial charge < -0.3 is 5.73 Å². The van der Waals surface area contributed by atoms with Crippen LogP contribution in [0.5, 0.6) is 0 Å². The molecule has 0 aliphatic heterocycles. The molecule has 22 heavy (non-hydrogen) atoms. The lowest BCUT2D eigenvalue weighted by Crippen LogP contribution is -2.46. The van der Waals surface area contributed by atoms with Crippen molar-refractivity contribution in [3.05, 3.63) is 30.1 Å². The molecule has 0 fully saturated rings. The third-order valence-corrected chi connectivity index (χ3v) is 4.43. The molecule has 1 rings (SSSR count). The van der Waals surface area contributed by atoms with Crippen LogP contribution in [-0.4, -0.2) is 34.4 Å². The first-order valence-electron chi connectivity index (χ1n) is 8.32. The lowest BCUT2D eigenvalue weighted by Gasteiger charge is -2.36. The van der Waals surface area contributed by atoms with Gasteiger partial charge in [-0.3, -0.25) is 14.7 Å². The van der Waals surface area contributed by atoms with E-state index in [0.29, 0.717) is 18.5 Å². The van der Waals surface area contributed by atoms with Gasteiger partial charge in [-0.1, -0.05) is 19.4 Å². The van der Waals surface area contributed by atoms with Crippen LogP contribution in [0.25, 0.3) is 0 Å². The van der Waals surface area contributed by atoms with E-state index in [-0.39, 0.29) is 5.91 Å². The van der Waals surface area contributed by atoms with Crippen molar-refractivity contribution in [2.24, 2.45) is 5.73 Å². The molecule has 0 bridgehead atoms. The van der Waals surface area contributed by atoms with E-state index in [1.54, 1.807) is 6.20 Å². The largest absolute Gasteiger partial charge is 0.369 e. The zero-order valence-corrected chi connectivity index (χ0v) is 14.7. The van der Waals surface area contributed by atoms with E-state index in [1.165, 1.54) is 0 Å². The van der Waals surface area contributed by atoms with Crippen LogP contribution >= 0.6 is 0 Å². The first-order valence-corrected chi connectivity index (χ1v) is 8.32. The topological polar surface area (TPSA) is 59.2 Å². The van der Waals surface area contributed by atoms with Gasteiger partial charge in [0.05, 0.1) is 11.1 Å². The monoisotopic (exact) mass is 305 g/mol. The fraction of sp³-hybridized carbons (Fsp3) is 0.667. The summed E-state index contributed by atoms with van der Waals surface area (Å²) in [5.41, 5.74) is 5.96. The summed E-state index contributed by atoms with van der Waals surface area (Å²) in [5, 5.41) is 0. The van der Waals surface area contributed by atoms with Crippen LogP contribution in [-0.2, 0) is 10.2 Å². The van der Waals surface area contributed by atoms with Gasteiger partial charge in [0.25, 0.3) is 0 Å². The van der Waals surface area contributed by atoms with Gasteiger partial charge in [-0.05, 0) is 52.7 Å². The van der Waals surface area contributed by atoms with Gasteiger partial charge in [0.2, 0.25) is 5.91 Å². The zero-order chi connectivity index (χ0) is 16.8. The molecule has 0 saturated carbocycles. The molecule has 0 saturated heterocycles. The standard InChI is InChI=1S/C18H31N3O/c1-6-10-18(17(19)22,16-9-7-8-12-20-16)11-13-21(14(2)3)15(4)5/h7-9,12,14-15H,6,10-11,13H2,1-5H3,(H2,19,22)/t18-/m1/s1. The summed E-state index contributed by atoms with van der Waals surface area (Å²) in [6, 6.07) is 6.61. The second-order valence-corrected chi connectivity index (χ2v) is 6.59. The number of hydrogen-bond acceptors (Lipinski definition) is 3. The number of primary amides is 1. The lowest BCUT2D eigenvalue weighted by atomic mass is 9.76. The molecule has 1 heterocycles. The highest BCUT2D eigenvalue weighted by molar-refractivity contribution is 5.86. The molecule has 2 N–H and O–H groups in total. The second kappa shape index (κ2) is 8.28. The zero-order valence-electron chi connectivity index (χ0n) is 14.7. The summed E-state index contributed by atoms with van der Waals surface area (Å²) in [7, 11) is 0. The van der Waals surface area contributed by atoms with Gasteiger partial charge in [0, 0.05) is 24.8 Å². The number of nitrogens with two attached hydrogens (primary N) is 1. The van der Waals surface area contributed by atoms with Crippen molar-refractivity contribution in [2.45, 2.75) is 71.4 Å². The Morgan fingerprint density at radius 1 is 1.23 bits per heavy atom. The van der Waals surface area contributed by atoms with E-state index in [9.17, 15) is 4.79 Å². The molecule has 1 aromatic rings. The maximum absolute atomic E-state index is 12.3. The van der Waals surface area contributed by atoms with Crippen LogP contribution in [0.15, 0.2) is 24.4 Å². The number of nitrogens with zero attached hydrogens (tertiary/aromatic N) is 2.